The monoisotopic (exact) mass is 283 g/mol. The first-order chi connectivity index (χ1) is 9.10. The van der Waals surface area contributed by atoms with Crippen LogP contribution in [0.15, 0.2) is 6.07 Å². The molecular weight excluding hydrogens is 262 g/mol. The molecular formula is C14H21NO3S. The third kappa shape index (κ3) is 3.78. The number of aryl methyl sites for hydroxylation is 1. The molecule has 106 valence electrons. The van der Waals surface area contributed by atoms with Crippen molar-refractivity contribution in [3.05, 3.63) is 21.4 Å². The van der Waals surface area contributed by atoms with Gasteiger partial charge in [-0.1, -0.05) is 6.92 Å². The van der Waals surface area contributed by atoms with Gasteiger partial charge in [-0.05, 0) is 37.9 Å². The number of aromatic carboxylic acids is 1. The van der Waals surface area contributed by atoms with E-state index in [2.05, 4.69) is 11.8 Å². The summed E-state index contributed by atoms with van der Waals surface area (Å²) in [7, 11) is 0. The quantitative estimate of drug-likeness (QED) is 0.872. The first-order valence-electron chi connectivity index (χ1n) is 6.76. The van der Waals surface area contributed by atoms with E-state index in [1.54, 1.807) is 6.07 Å². The van der Waals surface area contributed by atoms with Crippen LogP contribution in [-0.2, 0) is 11.3 Å². The standard InChI is InChI=1S/C14H21NO3S/c1-3-15(9-12-5-4-6-18-12)8-11-7-13(14(16)17)19-10(11)2/h7,12H,3-6,8-9H2,1-2H3,(H,16,17). The Bertz CT molecular complexity index is 438. The van der Waals surface area contributed by atoms with Crippen molar-refractivity contribution in [2.75, 3.05) is 19.7 Å². The van der Waals surface area contributed by atoms with Crippen LogP contribution in [0.4, 0.5) is 0 Å². The SMILES string of the molecule is CCN(Cc1cc(C(=O)O)sc1C)CC1CCCO1. The van der Waals surface area contributed by atoms with E-state index < -0.39 is 5.97 Å². The fourth-order valence-electron chi connectivity index (χ4n) is 2.40. The molecule has 1 aliphatic heterocycles. The van der Waals surface area contributed by atoms with E-state index in [1.165, 1.54) is 11.3 Å². The van der Waals surface area contributed by atoms with Crippen LogP contribution >= 0.6 is 11.3 Å². The van der Waals surface area contributed by atoms with Gasteiger partial charge in [0.25, 0.3) is 0 Å². The lowest BCUT2D eigenvalue weighted by Gasteiger charge is -2.23. The molecule has 2 heterocycles. The summed E-state index contributed by atoms with van der Waals surface area (Å²) in [5.74, 6) is -0.832. The summed E-state index contributed by atoms with van der Waals surface area (Å²) in [6.07, 6.45) is 2.64. The largest absolute Gasteiger partial charge is 0.477 e. The predicted octanol–water partition coefficient (Wildman–Crippen LogP) is 2.76. The highest BCUT2D eigenvalue weighted by Gasteiger charge is 2.20. The van der Waals surface area contributed by atoms with E-state index in [9.17, 15) is 4.79 Å². The van der Waals surface area contributed by atoms with Crippen LogP contribution in [0.5, 0.6) is 0 Å². The van der Waals surface area contributed by atoms with Crippen molar-refractivity contribution in [3.63, 3.8) is 0 Å². The Hall–Kier alpha value is -0.910. The van der Waals surface area contributed by atoms with Gasteiger partial charge in [-0.3, -0.25) is 4.90 Å². The molecule has 5 heteroatoms. The highest BCUT2D eigenvalue weighted by atomic mass is 32.1. The van der Waals surface area contributed by atoms with E-state index in [4.69, 9.17) is 9.84 Å². The third-order valence-electron chi connectivity index (χ3n) is 3.56. The minimum atomic E-state index is -0.832. The van der Waals surface area contributed by atoms with Gasteiger partial charge in [-0.15, -0.1) is 11.3 Å². The average molecular weight is 283 g/mol. The number of likely N-dealkylation sites (N-methyl/N-ethyl adjacent to an activating group) is 1. The first kappa shape index (κ1) is 14.5. The summed E-state index contributed by atoms with van der Waals surface area (Å²) in [6.45, 7) is 7.71. The summed E-state index contributed by atoms with van der Waals surface area (Å²) in [4.78, 5) is 14.8. The molecule has 1 aromatic rings. The van der Waals surface area contributed by atoms with Crippen LogP contribution in [0, 0.1) is 6.92 Å². The molecule has 0 saturated carbocycles. The second-order valence-corrected chi connectivity index (χ2v) is 6.22. The fraction of sp³-hybridized carbons (Fsp3) is 0.643. The molecule has 2 rings (SSSR count). The van der Waals surface area contributed by atoms with Crippen molar-refractivity contribution in [1.82, 2.24) is 4.90 Å². The first-order valence-corrected chi connectivity index (χ1v) is 7.58. The van der Waals surface area contributed by atoms with Crippen LogP contribution in [0.1, 0.15) is 39.9 Å². The Morgan fingerprint density at radius 2 is 2.42 bits per heavy atom. The molecule has 1 atom stereocenters. The zero-order valence-electron chi connectivity index (χ0n) is 11.5. The van der Waals surface area contributed by atoms with Gasteiger partial charge in [-0.2, -0.15) is 0 Å². The second-order valence-electron chi connectivity index (χ2n) is 4.96. The van der Waals surface area contributed by atoms with E-state index in [1.807, 2.05) is 6.92 Å². The van der Waals surface area contributed by atoms with Gasteiger partial charge in [0.15, 0.2) is 0 Å². The Morgan fingerprint density at radius 1 is 1.63 bits per heavy atom. The van der Waals surface area contributed by atoms with Crippen molar-refractivity contribution in [2.45, 2.75) is 39.3 Å². The molecule has 0 aromatic carbocycles. The molecule has 1 saturated heterocycles. The zero-order valence-corrected chi connectivity index (χ0v) is 12.3. The Morgan fingerprint density at radius 3 is 2.95 bits per heavy atom. The molecule has 1 unspecified atom stereocenters. The van der Waals surface area contributed by atoms with E-state index in [0.29, 0.717) is 11.0 Å². The van der Waals surface area contributed by atoms with Gasteiger partial charge in [-0.25, -0.2) is 4.79 Å². The van der Waals surface area contributed by atoms with Crippen LogP contribution in [0.25, 0.3) is 0 Å². The molecule has 1 aromatic heterocycles. The van der Waals surface area contributed by atoms with Crippen molar-refractivity contribution in [2.24, 2.45) is 0 Å². The summed E-state index contributed by atoms with van der Waals surface area (Å²) in [5, 5.41) is 9.02. The van der Waals surface area contributed by atoms with Crippen LogP contribution < -0.4 is 0 Å². The molecule has 4 nitrogen and oxygen atoms in total. The topological polar surface area (TPSA) is 49.8 Å². The van der Waals surface area contributed by atoms with Crippen LogP contribution in [0.3, 0.4) is 0 Å². The number of rotatable bonds is 6. The van der Waals surface area contributed by atoms with Crippen molar-refractivity contribution in [1.29, 1.82) is 0 Å². The summed E-state index contributed by atoms with van der Waals surface area (Å²) in [6, 6.07) is 1.81. The van der Waals surface area contributed by atoms with Crippen LogP contribution in [-0.4, -0.2) is 41.8 Å². The molecule has 0 aliphatic carbocycles. The van der Waals surface area contributed by atoms with Crippen LogP contribution in [0.2, 0.25) is 0 Å². The van der Waals surface area contributed by atoms with E-state index in [-0.39, 0.29) is 0 Å². The lowest BCUT2D eigenvalue weighted by atomic mass is 10.2. The number of carbonyl (C=O) groups is 1. The average Bonchev–Trinajstić information content (AvgIpc) is 2.99. The molecule has 0 spiro atoms. The highest BCUT2D eigenvalue weighted by Crippen LogP contribution is 2.23. The Balaban J connectivity index is 1.98. The molecule has 1 N–H and O–H groups in total. The molecule has 1 aliphatic rings. The molecule has 0 bridgehead atoms. The van der Waals surface area contributed by atoms with Gasteiger partial charge in [0.2, 0.25) is 0 Å². The number of ether oxygens (including phenoxy) is 1. The minimum Gasteiger partial charge on any atom is -0.477 e. The highest BCUT2D eigenvalue weighted by molar-refractivity contribution is 7.14. The molecule has 0 amide bonds. The Labute approximate surface area is 118 Å². The molecule has 1 fully saturated rings. The molecule has 19 heavy (non-hydrogen) atoms. The summed E-state index contributed by atoms with van der Waals surface area (Å²) >= 11 is 1.36. The number of thiophene rings is 1. The van der Waals surface area contributed by atoms with E-state index >= 15 is 0 Å². The van der Waals surface area contributed by atoms with E-state index in [0.717, 1.165) is 49.5 Å². The smallest absolute Gasteiger partial charge is 0.345 e. The Kier molecular flexibility index (Phi) is 4.96. The van der Waals surface area contributed by atoms with Crippen molar-refractivity contribution >= 4 is 17.3 Å². The second kappa shape index (κ2) is 6.50. The minimum absolute atomic E-state index is 0.345. The van der Waals surface area contributed by atoms with Crippen molar-refractivity contribution < 1.29 is 14.6 Å². The zero-order chi connectivity index (χ0) is 13.8. The number of hydrogen-bond acceptors (Lipinski definition) is 4. The number of carboxylic acid groups (broad SMARTS) is 1. The maximum Gasteiger partial charge on any atom is 0.345 e. The number of nitrogens with zero attached hydrogens (tertiary/aromatic N) is 1. The van der Waals surface area contributed by atoms with Crippen molar-refractivity contribution in [3.8, 4) is 0 Å². The molecule has 0 radical (unpaired) electrons. The van der Waals surface area contributed by atoms with Gasteiger partial charge < -0.3 is 9.84 Å². The maximum atomic E-state index is 11.0. The van der Waals surface area contributed by atoms with Gasteiger partial charge in [0.05, 0.1) is 6.10 Å². The van der Waals surface area contributed by atoms with Gasteiger partial charge >= 0.3 is 5.97 Å². The predicted molar refractivity (Wildman–Crippen MR) is 75.9 cm³/mol. The lowest BCUT2D eigenvalue weighted by Crippen LogP contribution is -2.31. The summed E-state index contributed by atoms with van der Waals surface area (Å²) < 4.78 is 5.66. The van der Waals surface area contributed by atoms with Gasteiger partial charge in [0.1, 0.15) is 4.88 Å². The number of hydrogen-bond donors (Lipinski definition) is 1. The maximum absolute atomic E-state index is 11.0. The fourth-order valence-corrected chi connectivity index (χ4v) is 3.28. The third-order valence-corrected chi connectivity index (χ3v) is 4.64. The normalized spacial score (nSPS) is 19.2. The lowest BCUT2D eigenvalue weighted by molar-refractivity contribution is 0.0698. The number of carboxylic acids is 1. The summed E-state index contributed by atoms with van der Waals surface area (Å²) in [5.41, 5.74) is 1.13. The van der Waals surface area contributed by atoms with Gasteiger partial charge in [0, 0.05) is 24.6 Å².